The number of fused-ring (bicyclic) bond motifs is 1. The Labute approximate surface area is 179 Å². The number of guanidine groups is 1. The summed E-state index contributed by atoms with van der Waals surface area (Å²) in [7, 11) is 0. The summed E-state index contributed by atoms with van der Waals surface area (Å²) in [5.74, 6) is 2.52. The average molecular weight is 492 g/mol. The first-order chi connectivity index (χ1) is 13.3. The van der Waals surface area contributed by atoms with Gasteiger partial charge in [-0.2, -0.15) is 5.10 Å². The minimum absolute atomic E-state index is 0. The van der Waals surface area contributed by atoms with Crippen LogP contribution in [0.4, 0.5) is 5.69 Å². The first kappa shape index (κ1) is 19.9. The van der Waals surface area contributed by atoms with Crippen LogP contribution in [0.25, 0.3) is 5.82 Å². The third-order valence-corrected chi connectivity index (χ3v) is 4.00. The lowest BCUT2D eigenvalue weighted by atomic mass is 10.2. The number of nitrogens with zero attached hydrogens (tertiary/aromatic N) is 4. The number of pyridine rings is 1. The highest BCUT2D eigenvalue weighted by Crippen LogP contribution is 2.32. The number of nitrogens with one attached hydrogen (secondary N) is 1. The Kier molecular flexibility index (Phi) is 6.69. The molecule has 146 valence electrons. The van der Waals surface area contributed by atoms with E-state index in [1.165, 1.54) is 0 Å². The van der Waals surface area contributed by atoms with E-state index in [2.05, 4.69) is 20.4 Å². The SMILES string of the molecule is I.NC(=NCc1ccnc(-n2cccn2)c1)Nc1ccc2c(c1)OCCCO2. The summed E-state index contributed by atoms with van der Waals surface area (Å²) in [6, 6.07) is 11.3. The van der Waals surface area contributed by atoms with E-state index in [1.54, 1.807) is 17.1 Å². The quantitative estimate of drug-likeness (QED) is 0.330. The number of benzene rings is 1. The van der Waals surface area contributed by atoms with Gasteiger partial charge in [0.1, 0.15) is 0 Å². The van der Waals surface area contributed by atoms with E-state index in [0.29, 0.717) is 31.5 Å². The van der Waals surface area contributed by atoms with Crippen molar-refractivity contribution in [2.45, 2.75) is 13.0 Å². The van der Waals surface area contributed by atoms with E-state index in [-0.39, 0.29) is 24.0 Å². The van der Waals surface area contributed by atoms with Gasteiger partial charge < -0.3 is 20.5 Å². The van der Waals surface area contributed by atoms with Crippen molar-refractivity contribution in [3.63, 3.8) is 0 Å². The third kappa shape index (κ3) is 4.91. The molecule has 1 aliphatic heterocycles. The van der Waals surface area contributed by atoms with Crippen molar-refractivity contribution in [3.05, 3.63) is 60.6 Å². The first-order valence-electron chi connectivity index (χ1n) is 8.69. The van der Waals surface area contributed by atoms with E-state index in [4.69, 9.17) is 15.2 Å². The number of anilines is 1. The predicted octanol–water partition coefficient (Wildman–Crippen LogP) is 2.97. The van der Waals surface area contributed by atoms with E-state index in [1.807, 2.05) is 42.6 Å². The molecule has 2 aromatic heterocycles. The fourth-order valence-corrected chi connectivity index (χ4v) is 2.69. The number of halogens is 1. The zero-order valence-corrected chi connectivity index (χ0v) is 17.4. The summed E-state index contributed by atoms with van der Waals surface area (Å²) < 4.78 is 13.0. The second-order valence-electron chi connectivity index (χ2n) is 6.01. The molecule has 3 N–H and O–H groups in total. The van der Waals surface area contributed by atoms with Crippen molar-refractivity contribution in [1.82, 2.24) is 14.8 Å². The van der Waals surface area contributed by atoms with Crippen molar-refractivity contribution in [1.29, 1.82) is 0 Å². The van der Waals surface area contributed by atoms with Gasteiger partial charge in [0.05, 0.1) is 19.8 Å². The van der Waals surface area contributed by atoms with Gasteiger partial charge in [-0.3, -0.25) is 0 Å². The number of nitrogens with two attached hydrogens (primary N) is 1. The average Bonchev–Trinajstić information content (AvgIpc) is 3.13. The number of aliphatic imine (C=N–C) groups is 1. The molecule has 9 heteroatoms. The van der Waals surface area contributed by atoms with Crippen LogP contribution in [0, 0.1) is 0 Å². The molecule has 0 atom stereocenters. The molecule has 0 unspecified atom stereocenters. The maximum atomic E-state index is 6.03. The van der Waals surface area contributed by atoms with Crippen LogP contribution in [0.5, 0.6) is 11.5 Å². The molecule has 1 aliphatic rings. The molecule has 0 aliphatic carbocycles. The highest BCUT2D eigenvalue weighted by Gasteiger charge is 2.10. The normalized spacial score (nSPS) is 13.4. The molecule has 0 saturated heterocycles. The van der Waals surface area contributed by atoms with Gasteiger partial charge >= 0.3 is 0 Å². The summed E-state index contributed by atoms with van der Waals surface area (Å²) in [5.41, 5.74) is 7.81. The molecule has 28 heavy (non-hydrogen) atoms. The van der Waals surface area contributed by atoms with Gasteiger partial charge in [-0.15, -0.1) is 24.0 Å². The lowest BCUT2D eigenvalue weighted by Gasteiger charge is -2.11. The highest BCUT2D eigenvalue weighted by atomic mass is 127. The van der Waals surface area contributed by atoms with Crippen molar-refractivity contribution in [3.8, 4) is 17.3 Å². The monoisotopic (exact) mass is 492 g/mol. The number of rotatable bonds is 4. The Hall–Kier alpha value is -2.82. The summed E-state index contributed by atoms with van der Waals surface area (Å²) in [5, 5.41) is 7.26. The number of ether oxygens (including phenoxy) is 2. The van der Waals surface area contributed by atoms with E-state index < -0.39 is 0 Å². The summed E-state index contributed by atoms with van der Waals surface area (Å²) in [6.07, 6.45) is 6.15. The van der Waals surface area contributed by atoms with Crippen LogP contribution in [-0.2, 0) is 6.54 Å². The molecule has 8 nitrogen and oxygen atoms in total. The maximum Gasteiger partial charge on any atom is 0.193 e. The van der Waals surface area contributed by atoms with Gasteiger partial charge in [-0.1, -0.05) is 0 Å². The molecule has 3 aromatic rings. The Morgan fingerprint density at radius 3 is 2.82 bits per heavy atom. The molecular weight excluding hydrogens is 471 g/mol. The van der Waals surface area contributed by atoms with Gasteiger partial charge in [0.15, 0.2) is 23.3 Å². The minimum atomic E-state index is 0. The Morgan fingerprint density at radius 1 is 1.14 bits per heavy atom. The van der Waals surface area contributed by atoms with Gasteiger partial charge in [-0.25, -0.2) is 14.7 Å². The molecule has 1 aromatic carbocycles. The van der Waals surface area contributed by atoms with Crippen LogP contribution in [0.3, 0.4) is 0 Å². The van der Waals surface area contributed by atoms with Gasteiger partial charge in [0.2, 0.25) is 0 Å². The van der Waals surface area contributed by atoms with Gasteiger partial charge in [0.25, 0.3) is 0 Å². The number of hydrogen-bond donors (Lipinski definition) is 2. The molecule has 0 radical (unpaired) electrons. The van der Waals surface area contributed by atoms with E-state index in [0.717, 1.165) is 29.2 Å². The van der Waals surface area contributed by atoms with E-state index in [9.17, 15) is 0 Å². The molecule has 3 heterocycles. The highest BCUT2D eigenvalue weighted by molar-refractivity contribution is 14.0. The molecule has 0 amide bonds. The third-order valence-electron chi connectivity index (χ3n) is 4.00. The fraction of sp³-hybridized carbons (Fsp3) is 0.211. The second-order valence-corrected chi connectivity index (χ2v) is 6.01. The predicted molar refractivity (Wildman–Crippen MR) is 118 cm³/mol. The minimum Gasteiger partial charge on any atom is -0.490 e. The zero-order valence-electron chi connectivity index (χ0n) is 15.1. The van der Waals surface area contributed by atoms with Gasteiger partial charge in [0, 0.05) is 36.8 Å². The van der Waals surface area contributed by atoms with Crippen molar-refractivity contribution >= 4 is 35.6 Å². The lowest BCUT2D eigenvalue weighted by molar-refractivity contribution is 0.297. The summed E-state index contributed by atoms with van der Waals surface area (Å²) in [4.78, 5) is 8.70. The van der Waals surface area contributed by atoms with Gasteiger partial charge in [-0.05, 0) is 35.9 Å². The fourth-order valence-electron chi connectivity index (χ4n) is 2.69. The van der Waals surface area contributed by atoms with Crippen LogP contribution < -0.4 is 20.5 Å². The van der Waals surface area contributed by atoms with Crippen molar-refractivity contribution in [2.75, 3.05) is 18.5 Å². The standard InChI is InChI=1S/C19H20N6O2.HI/c20-19(24-15-3-4-16-17(12-15)27-10-2-9-26-16)22-13-14-5-7-21-18(11-14)25-8-1-6-23-25;/h1,3-8,11-12H,2,9-10,13H2,(H3,20,22,24);1H. The molecule has 0 fully saturated rings. The second kappa shape index (κ2) is 9.40. The Balaban J connectivity index is 0.00000225. The Morgan fingerprint density at radius 2 is 2.00 bits per heavy atom. The molecular formula is C19H21IN6O2. The van der Waals surface area contributed by atoms with Crippen LogP contribution in [0.2, 0.25) is 0 Å². The Bertz CT molecular complexity index is 945. The van der Waals surface area contributed by atoms with E-state index >= 15 is 0 Å². The number of aromatic nitrogens is 3. The van der Waals surface area contributed by atoms with Crippen LogP contribution >= 0.6 is 24.0 Å². The molecule has 4 rings (SSSR count). The smallest absolute Gasteiger partial charge is 0.193 e. The largest absolute Gasteiger partial charge is 0.490 e. The molecule has 0 saturated carbocycles. The van der Waals surface area contributed by atoms with Crippen LogP contribution in [-0.4, -0.2) is 33.9 Å². The van der Waals surface area contributed by atoms with Crippen LogP contribution in [0.1, 0.15) is 12.0 Å². The lowest BCUT2D eigenvalue weighted by Crippen LogP contribution is -2.22. The first-order valence-corrected chi connectivity index (χ1v) is 8.69. The van der Waals surface area contributed by atoms with Crippen molar-refractivity contribution < 1.29 is 9.47 Å². The summed E-state index contributed by atoms with van der Waals surface area (Å²) >= 11 is 0. The summed E-state index contributed by atoms with van der Waals surface area (Å²) in [6.45, 7) is 1.73. The van der Waals surface area contributed by atoms with Crippen LogP contribution in [0.15, 0.2) is 60.0 Å². The molecule has 0 spiro atoms. The molecule has 0 bridgehead atoms. The number of hydrogen-bond acceptors (Lipinski definition) is 5. The van der Waals surface area contributed by atoms with Crippen molar-refractivity contribution in [2.24, 2.45) is 10.7 Å². The topological polar surface area (TPSA) is 99.6 Å². The maximum absolute atomic E-state index is 6.03. The zero-order chi connectivity index (χ0) is 18.5.